The summed E-state index contributed by atoms with van der Waals surface area (Å²) in [4.78, 5) is 14.8. The maximum atomic E-state index is 11.6. The first-order valence-electron chi connectivity index (χ1n) is 7.31. The SMILES string of the molecule is CCCS(=O)(=O)NCC(=O)NCCc1c[nH]c2ccccc12. The molecule has 2 rings (SSSR count). The Hall–Kier alpha value is -1.86. The number of sulfonamides is 1. The molecule has 0 spiro atoms. The van der Waals surface area contributed by atoms with Crippen LogP contribution >= 0.6 is 0 Å². The van der Waals surface area contributed by atoms with Crippen LogP contribution in [0.2, 0.25) is 0 Å². The Morgan fingerprint density at radius 3 is 2.82 bits per heavy atom. The van der Waals surface area contributed by atoms with Gasteiger partial charge in [0.15, 0.2) is 0 Å². The molecule has 22 heavy (non-hydrogen) atoms. The highest BCUT2D eigenvalue weighted by Crippen LogP contribution is 2.17. The quantitative estimate of drug-likeness (QED) is 0.681. The lowest BCUT2D eigenvalue weighted by Gasteiger charge is -2.07. The van der Waals surface area contributed by atoms with Gasteiger partial charge in [0.1, 0.15) is 0 Å². The molecule has 1 heterocycles. The van der Waals surface area contributed by atoms with Gasteiger partial charge in [-0.3, -0.25) is 4.79 Å². The molecule has 0 saturated heterocycles. The fourth-order valence-corrected chi connectivity index (χ4v) is 3.29. The Balaban J connectivity index is 1.78. The largest absolute Gasteiger partial charge is 0.361 e. The lowest BCUT2D eigenvalue weighted by molar-refractivity contribution is -0.119. The number of fused-ring (bicyclic) bond motifs is 1. The van der Waals surface area contributed by atoms with Crippen LogP contribution < -0.4 is 10.0 Å². The summed E-state index contributed by atoms with van der Waals surface area (Å²) in [6.07, 6.45) is 3.15. The van der Waals surface area contributed by atoms with Crippen molar-refractivity contribution in [2.75, 3.05) is 18.8 Å². The molecule has 0 aliphatic carbocycles. The van der Waals surface area contributed by atoms with E-state index in [4.69, 9.17) is 0 Å². The van der Waals surface area contributed by atoms with Gasteiger partial charge in [0.25, 0.3) is 0 Å². The zero-order valence-corrected chi connectivity index (χ0v) is 13.4. The highest BCUT2D eigenvalue weighted by Gasteiger charge is 2.11. The van der Waals surface area contributed by atoms with Gasteiger partial charge in [0.05, 0.1) is 12.3 Å². The van der Waals surface area contributed by atoms with Gasteiger partial charge in [-0.25, -0.2) is 13.1 Å². The topological polar surface area (TPSA) is 91.1 Å². The van der Waals surface area contributed by atoms with E-state index in [2.05, 4.69) is 15.0 Å². The molecular weight excluding hydrogens is 302 g/mol. The van der Waals surface area contributed by atoms with E-state index >= 15 is 0 Å². The zero-order chi connectivity index (χ0) is 16.0. The predicted molar refractivity (Wildman–Crippen MR) is 87.1 cm³/mol. The summed E-state index contributed by atoms with van der Waals surface area (Å²) in [7, 11) is -3.34. The van der Waals surface area contributed by atoms with E-state index < -0.39 is 10.0 Å². The first-order chi connectivity index (χ1) is 10.5. The second-order valence-corrected chi connectivity index (χ2v) is 7.03. The molecule has 0 fully saturated rings. The third-order valence-electron chi connectivity index (χ3n) is 3.32. The summed E-state index contributed by atoms with van der Waals surface area (Å²) < 4.78 is 25.2. The van der Waals surface area contributed by atoms with Crippen LogP contribution in [0.5, 0.6) is 0 Å². The minimum absolute atomic E-state index is 0.0373. The minimum Gasteiger partial charge on any atom is -0.361 e. The van der Waals surface area contributed by atoms with Gasteiger partial charge in [-0.05, 0) is 24.5 Å². The smallest absolute Gasteiger partial charge is 0.235 e. The van der Waals surface area contributed by atoms with Gasteiger partial charge in [0.2, 0.25) is 15.9 Å². The first-order valence-corrected chi connectivity index (χ1v) is 8.96. The molecule has 3 N–H and O–H groups in total. The monoisotopic (exact) mass is 323 g/mol. The molecule has 0 unspecified atom stereocenters. The molecule has 1 amide bonds. The predicted octanol–water partition coefficient (Wildman–Crippen LogP) is 1.16. The first kappa shape index (κ1) is 16.5. The summed E-state index contributed by atoms with van der Waals surface area (Å²) in [5.74, 6) is -0.283. The molecule has 7 heteroatoms. The lowest BCUT2D eigenvalue weighted by atomic mass is 10.1. The highest BCUT2D eigenvalue weighted by molar-refractivity contribution is 7.89. The summed E-state index contributed by atoms with van der Waals surface area (Å²) >= 11 is 0. The van der Waals surface area contributed by atoms with Gasteiger partial charge in [-0.2, -0.15) is 0 Å². The molecule has 0 aliphatic rings. The van der Waals surface area contributed by atoms with E-state index in [1.165, 1.54) is 0 Å². The van der Waals surface area contributed by atoms with E-state index in [-0.39, 0.29) is 18.2 Å². The van der Waals surface area contributed by atoms with Crippen molar-refractivity contribution in [1.82, 2.24) is 15.0 Å². The fourth-order valence-electron chi connectivity index (χ4n) is 2.25. The molecule has 0 atom stereocenters. The number of para-hydroxylation sites is 1. The van der Waals surface area contributed by atoms with E-state index in [0.717, 1.165) is 16.5 Å². The number of benzene rings is 1. The van der Waals surface area contributed by atoms with Crippen molar-refractivity contribution in [3.05, 3.63) is 36.0 Å². The molecule has 0 bridgehead atoms. The second-order valence-electron chi connectivity index (χ2n) is 5.10. The van der Waals surface area contributed by atoms with Crippen LogP contribution in [0, 0.1) is 0 Å². The molecule has 0 radical (unpaired) electrons. The number of hydrogen-bond acceptors (Lipinski definition) is 3. The Labute approximate surface area is 130 Å². The van der Waals surface area contributed by atoms with E-state index in [0.29, 0.717) is 19.4 Å². The maximum Gasteiger partial charge on any atom is 0.235 e. The van der Waals surface area contributed by atoms with Crippen LogP contribution in [0.1, 0.15) is 18.9 Å². The number of aromatic amines is 1. The van der Waals surface area contributed by atoms with Crippen molar-refractivity contribution >= 4 is 26.8 Å². The van der Waals surface area contributed by atoms with Crippen molar-refractivity contribution in [3.8, 4) is 0 Å². The molecule has 0 aliphatic heterocycles. The second kappa shape index (κ2) is 7.42. The fraction of sp³-hybridized carbons (Fsp3) is 0.400. The molecule has 6 nitrogen and oxygen atoms in total. The Morgan fingerprint density at radius 1 is 1.27 bits per heavy atom. The molecular formula is C15H21N3O3S. The molecule has 120 valence electrons. The maximum absolute atomic E-state index is 11.6. The van der Waals surface area contributed by atoms with Crippen molar-refractivity contribution in [2.45, 2.75) is 19.8 Å². The third kappa shape index (κ3) is 4.57. The standard InChI is InChI=1S/C15H21N3O3S/c1-2-9-22(20,21)18-11-15(19)16-8-7-12-10-17-14-6-4-3-5-13(12)14/h3-6,10,17-18H,2,7-9,11H2,1H3,(H,16,19). The van der Waals surface area contributed by atoms with Crippen LogP contribution in [-0.4, -0.2) is 38.2 Å². The average molecular weight is 323 g/mol. The lowest BCUT2D eigenvalue weighted by Crippen LogP contribution is -2.38. The number of hydrogen-bond donors (Lipinski definition) is 3. The van der Waals surface area contributed by atoms with E-state index in [1.807, 2.05) is 30.5 Å². The van der Waals surface area contributed by atoms with E-state index in [9.17, 15) is 13.2 Å². The van der Waals surface area contributed by atoms with Crippen LogP contribution in [-0.2, 0) is 21.2 Å². The Kier molecular flexibility index (Phi) is 5.57. The number of carbonyl (C=O) groups excluding carboxylic acids is 1. The number of rotatable bonds is 8. The molecule has 1 aromatic heterocycles. The number of nitrogens with one attached hydrogen (secondary N) is 3. The number of H-pyrrole nitrogens is 1. The van der Waals surface area contributed by atoms with Gasteiger partial charge in [0, 0.05) is 23.6 Å². The molecule has 2 aromatic rings. The van der Waals surface area contributed by atoms with Crippen molar-refractivity contribution in [3.63, 3.8) is 0 Å². The van der Waals surface area contributed by atoms with Crippen molar-refractivity contribution < 1.29 is 13.2 Å². The number of amides is 1. The van der Waals surface area contributed by atoms with Crippen LogP contribution in [0.4, 0.5) is 0 Å². The normalized spacial score (nSPS) is 11.7. The van der Waals surface area contributed by atoms with Crippen molar-refractivity contribution in [1.29, 1.82) is 0 Å². The molecule has 0 saturated carbocycles. The zero-order valence-electron chi connectivity index (χ0n) is 12.6. The van der Waals surface area contributed by atoms with Gasteiger partial charge in [-0.1, -0.05) is 25.1 Å². The van der Waals surface area contributed by atoms with Crippen LogP contribution in [0.15, 0.2) is 30.5 Å². The van der Waals surface area contributed by atoms with Crippen molar-refractivity contribution in [2.24, 2.45) is 0 Å². The summed E-state index contributed by atoms with van der Waals surface area (Å²) in [6, 6.07) is 7.97. The summed E-state index contributed by atoms with van der Waals surface area (Å²) in [5, 5.41) is 3.86. The third-order valence-corrected chi connectivity index (χ3v) is 4.85. The Bertz CT molecular complexity index is 737. The van der Waals surface area contributed by atoms with E-state index in [1.54, 1.807) is 6.92 Å². The summed E-state index contributed by atoms with van der Waals surface area (Å²) in [6.45, 7) is 2.03. The molecule has 1 aromatic carbocycles. The number of aromatic nitrogens is 1. The average Bonchev–Trinajstić information content (AvgIpc) is 2.89. The van der Waals surface area contributed by atoms with Gasteiger partial charge in [-0.15, -0.1) is 0 Å². The van der Waals surface area contributed by atoms with Gasteiger partial charge >= 0.3 is 0 Å². The summed E-state index contributed by atoms with van der Waals surface area (Å²) in [5.41, 5.74) is 2.19. The minimum atomic E-state index is -3.34. The van der Waals surface area contributed by atoms with Crippen LogP contribution in [0.25, 0.3) is 10.9 Å². The van der Waals surface area contributed by atoms with Gasteiger partial charge < -0.3 is 10.3 Å². The Morgan fingerprint density at radius 2 is 2.05 bits per heavy atom. The number of carbonyl (C=O) groups is 1. The highest BCUT2D eigenvalue weighted by atomic mass is 32.2. The van der Waals surface area contributed by atoms with Crippen LogP contribution in [0.3, 0.4) is 0 Å².